The van der Waals surface area contributed by atoms with Gasteiger partial charge in [0, 0.05) is 50.2 Å². The van der Waals surface area contributed by atoms with Gasteiger partial charge in [-0.15, -0.1) is 0 Å². The van der Waals surface area contributed by atoms with Crippen LogP contribution in [0, 0.1) is 5.92 Å². The maximum atomic E-state index is 11.8. The quantitative estimate of drug-likeness (QED) is 0.363. The van der Waals surface area contributed by atoms with E-state index >= 15 is 0 Å². The summed E-state index contributed by atoms with van der Waals surface area (Å²) in [6.07, 6.45) is 7.24. The van der Waals surface area contributed by atoms with Gasteiger partial charge >= 0.3 is 0 Å². The average Bonchev–Trinajstić information content (AvgIpc) is 3.25. The van der Waals surface area contributed by atoms with Crippen LogP contribution in [0.3, 0.4) is 0 Å². The van der Waals surface area contributed by atoms with Crippen molar-refractivity contribution in [3.63, 3.8) is 0 Å². The normalized spacial score (nSPS) is 16.9. The first kappa shape index (κ1) is 26.5. The van der Waals surface area contributed by atoms with E-state index < -0.39 is 5.91 Å². The zero-order valence-electron chi connectivity index (χ0n) is 21.5. The number of amides is 3. The Labute approximate surface area is 230 Å². The lowest BCUT2D eigenvalue weighted by molar-refractivity contribution is -0.115. The number of hydrogen-bond acceptors (Lipinski definition) is 9. The summed E-state index contributed by atoms with van der Waals surface area (Å²) in [6.45, 7) is 4.87. The topological polar surface area (TPSA) is 129 Å². The molecule has 2 fully saturated rings. The molecule has 0 radical (unpaired) electrons. The monoisotopic (exact) mass is 543 g/mol. The molecule has 0 saturated carbocycles. The molecule has 5 rings (SSSR count). The highest BCUT2D eigenvalue weighted by molar-refractivity contribution is 8.18. The third-order valence-corrected chi connectivity index (χ3v) is 7.36. The molecule has 0 spiro atoms. The minimum Gasteiger partial charge on any atom is -0.341 e. The Morgan fingerprint density at radius 1 is 1.15 bits per heavy atom. The second-order valence-electron chi connectivity index (χ2n) is 9.51. The summed E-state index contributed by atoms with van der Waals surface area (Å²) in [5.41, 5.74) is 4.29. The number of aromatic nitrogens is 3. The molecule has 1 aromatic carbocycles. The molecule has 3 N–H and O–H groups in total. The van der Waals surface area contributed by atoms with Crippen molar-refractivity contribution in [1.82, 2.24) is 25.6 Å². The second-order valence-corrected chi connectivity index (χ2v) is 10.5. The van der Waals surface area contributed by atoms with Gasteiger partial charge in [0.05, 0.1) is 16.3 Å². The van der Waals surface area contributed by atoms with Crippen LogP contribution in [0.2, 0.25) is 0 Å². The first-order chi connectivity index (χ1) is 18.9. The Balaban J connectivity index is 1.08. The van der Waals surface area contributed by atoms with E-state index in [1.165, 1.54) is 6.92 Å². The average molecular weight is 544 g/mol. The largest absolute Gasteiger partial charge is 0.341 e. The molecule has 0 bridgehead atoms. The van der Waals surface area contributed by atoms with Crippen LogP contribution in [-0.4, -0.2) is 51.6 Å². The SMILES string of the molecule is CC(=O)Nc1cccc(-c2ccc(CNCC3CCN(c4nccc(C=C5SC(=O)NC5=O)n4)CC3)cn2)c1. The summed E-state index contributed by atoms with van der Waals surface area (Å²) < 4.78 is 0. The molecule has 2 saturated heterocycles. The standard InChI is InChI=1S/C28H29N7O3S/c1-18(36)32-22-4-2-3-21(13-22)24-6-5-20(17-31-24)16-29-15-19-8-11-35(12-9-19)27-30-10-7-23(33-27)14-25-26(37)34-28(38)39-25/h2-7,10,13-14,17,19,29H,8-9,11-12,15-16H2,1H3,(H,32,36)(H,34,37,38). The van der Waals surface area contributed by atoms with Gasteiger partial charge in [-0.25, -0.2) is 9.97 Å². The number of pyridine rings is 1. The Hall–Kier alpha value is -4.09. The van der Waals surface area contributed by atoms with Crippen LogP contribution in [0.25, 0.3) is 17.3 Å². The highest BCUT2D eigenvalue weighted by Gasteiger charge is 2.25. The van der Waals surface area contributed by atoms with Crippen molar-refractivity contribution < 1.29 is 14.4 Å². The highest BCUT2D eigenvalue weighted by Crippen LogP contribution is 2.26. The first-order valence-corrected chi connectivity index (χ1v) is 13.6. The fourth-order valence-electron chi connectivity index (χ4n) is 4.57. The third kappa shape index (κ3) is 7.06. The van der Waals surface area contributed by atoms with E-state index in [1.54, 1.807) is 18.3 Å². The van der Waals surface area contributed by atoms with Crippen LogP contribution in [0.15, 0.2) is 59.8 Å². The van der Waals surface area contributed by atoms with Crippen LogP contribution in [0.5, 0.6) is 0 Å². The molecular formula is C28H29N7O3S. The van der Waals surface area contributed by atoms with Crippen molar-refractivity contribution in [3.05, 3.63) is 71.0 Å². The third-order valence-electron chi connectivity index (χ3n) is 6.55. The van der Waals surface area contributed by atoms with Crippen LogP contribution in [-0.2, 0) is 16.1 Å². The number of imide groups is 1. The number of thioether (sulfide) groups is 1. The zero-order chi connectivity index (χ0) is 27.2. The van der Waals surface area contributed by atoms with Gasteiger partial charge < -0.3 is 15.5 Å². The smallest absolute Gasteiger partial charge is 0.290 e. The number of hydrogen-bond donors (Lipinski definition) is 3. The van der Waals surface area contributed by atoms with Crippen molar-refractivity contribution in [2.24, 2.45) is 5.92 Å². The molecule has 2 aliphatic heterocycles. The van der Waals surface area contributed by atoms with E-state index in [0.717, 1.165) is 73.3 Å². The van der Waals surface area contributed by atoms with E-state index in [0.29, 0.717) is 22.5 Å². The van der Waals surface area contributed by atoms with Crippen LogP contribution in [0.1, 0.15) is 31.0 Å². The summed E-state index contributed by atoms with van der Waals surface area (Å²) in [7, 11) is 0. The van der Waals surface area contributed by atoms with Crippen LogP contribution in [0.4, 0.5) is 16.4 Å². The van der Waals surface area contributed by atoms with Gasteiger partial charge in [0.2, 0.25) is 11.9 Å². The molecule has 11 heteroatoms. The van der Waals surface area contributed by atoms with Gasteiger partial charge in [-0.05, 0) is 73.0 Å². The summed E-state index contributed by atoms with van der Waals surface area (Å²) in [6, 6.07) is 13.5. The molecule has 3 amide bonds. The van der Waals surface area contributed by atoms with Crippen molar-refractivity contribution >= 4 is 46.5 Å². The lowest BCUT2D eigenvalue weighted by Gasteiger charge is -2.32. The van der Waals surface area contributed by atoms with Gasteiger partial charge in [0.1, 0.15) is 0 Å². The Kier molecular flexibility index (Phi) is 8.28. The van der Waals surface area contributed by atoms with E-state index in [4.69, 9.17) is 0 Å². The summed E-state index contributed by atoms with van der Waals surface area (Å²) in [5.74, 6) is 0.704. The predicted molar refractivity (Wildman–Crippen MR) is 152 cm³/mol. The fraction of sp³-hybridized carbons (Fsp3) is 0.286. The summed E-state index contributed by atoms with van der Waals surface area (Å²) in [5, 5.41) is 8.25. The van der Waals surface area contributed by atoms with Gasteiger partial charge in [0.25, 0.3) is 11.1 Å². The Morgan fingerprint density at radius 2 is 2.00 bits per heavy atom. The van der Waals surface area contributed by atoms with Crippen molar-refractivity contribution in [1.29, 1.82) is 0 Å². The van der Waals surface area contributed by atoms with Gasteiger partial charge in [-0.3, -0.25) is 24.7 Å². The second kappa shape index (κ2) is 12.2. The zero-order valence-corrected chi connectivity index (χ0v) is 22.3. The molecule has 39 heavy (non-hydrogen) atoms. The Morgan fingerprint density at radius 3 is 2.72 bits per heavy atom. The number of anilines is 2. The molecule has 0 unspecified atom stereocenters. The van der Waals surface area contributed by atoms with E-state index in [-0.39, 0.29) is 11.1 Å². The number of piperidine rings is 1. The molecule has 10 nitrogen and oxygen atoms in total. The predicted octanol–water partition coefficient (Wildman–Crippen LogP) is 3.83. The van der Waals surface area contributed by atoms with E-state index in [1.807, 2.05) is 36.5 Å². The van der Waals surface area contributed by atoms with E-state index in [2.05, 4.69) is 41.9 Å². The number of nitrogens with one attached hydrogen (secondary N) is 3. The molecule has 200 valence electrons. The molecule has 0 aliphatic carbocycles. The van der Waals surface area contributed by atoms with Crippen LogP contribution < -0.4 is 20.9 Å². The number of benzene rings is 1. The molecule has 2 aliphatic rings. The number of rotatable bonds is 8. The van der Waals surface area contributed by atoms with Crippen LogP contribution >= 0.6 is 11.8 Å². The van der Waals surface area contributed by atoms with Crippen molar-refractivity contribution in [2.45, 2.75) is 26.3 Å². The molecule has 3 aromatic rings. The summed E-state index contributed by atoms with van der Waals surface area (Å²) >= 11 is 0.882. The lowest BCUT2D eigenvalue weighted by atomic mass is 9.97. The highest BCUT2D eigenvalue weighted by atomic mass is 32.2. The van der Waals surface area contributed by atoms with Crippen molar-refractivity contribution in [2.75, 3.05) is 29.9 Å². The molecule has 2 aromatic heterocycles. The Bertz CT molecular complexity index is 1400. The number of carbonyl (C=O) groups is 3. The maximum Gasteiger partial charge on any atom is 0.290 e. The number of carbonyl (C=O) groups excluding carboxylic acids is 3. The number of nitrogens with zero attached hydrogens (tertiary/aromatic N) is 4. The lowest BCUT2D eigenvalue weighted by Crippen LogP contribution is -2.38. The molecular weight excluding hydrogens is 514 g/mol. The fourth-order valence-corrected chi connectivity index (χ4v) is 5.23. The minimum absolute atomic E-state index is 0.0993. The van der Waals surface area contributed by atoms with Crippen molar-refractivity contribution in [3.8, 4) is 11.3 Å². The van der Waals surface area contributed by atoms with E-state index in [9.17, 15) is 14.4 Å². The van der Waals surface area contributed by atoms with Gasteiger partial charge in [0.15, 0.2) is 0 Å². The molecule has 0 atom stereocenters. The summed E-state index contributed by atoms with van der Waals surface area (Å²) in [4.78, 5) is 50.6. The van der Waals surface area contributed by atoms with Gasteiger partial charge in [-0.1, -0.05) is 18.2 Å². The first-order valence-electron chi connectivity index (χ1n) is 12.8. The minimum atomic E-state index is -0.390. The van der Waals surface area contributed by atoms with Gasteiger partial charge in [-0.2, -0.15) is 0 Å². The maximum absolute atomic E-state index is 11.8. The molecule has 4 heterocycles.